The van der Waals surface area contributed by atoms with Crippen molar-refractivity contribution in [2.75, 3.05) is 13.2 Å². The fourth-order valence-electron chi connectivity index (χ4n) is 1.88. The summed E-state index contributed by atoms with van der Waals surface area (Å²) in [5.74, 6) is -3.08. The lowest BCUT2D eigenvalue weighted by Crippen LogP contribution is -2.39. The van der Waals surface area contributed by atoms with Crippen LogP contribution in [0, 0.1) is 5.41 Å². The monoisotopic (exact) mass is 318 g/mol. The normalized spacial score (nSPS) is 11.7. The van der Waals surface area contributed by atoms with Crippen LogP contribution in [-0.2, 0) is 0 Å². The molecule has 0 fully saturated rings. The topological polar surface area (TPSA) is 62.2 Å². The molecule has 0 aromatic carbocycles. The number of carbonyl (C=O) groups excluding carboxylic acids is 1. The van der Waals surface area contributed by atoms with E-state index in [1.54, 1.807) is 0 Å². The van der Waals surface area contributed by atoms with Gasteiger partial charge in [0.15, 0.2) is 0 Å². The van der Waals surface area contributed by atoms with E-state index in [2.05, 4.69) is 10.3 Å². The summed E-state index contributed by atoms with van der Waals surface area (Å²) < 4.78 is 24.9. The second kappa shape index (κ2) is 8.29. The molecule has 0 saturated carbocycles. The van der Waals surface area contributed by atoms with Gasteiger partial charge >= 0.3 is 0 Å². The van der Waals surface area contributed by atoms with Crippen molar-refractivity contribution in [3.8, 4) is 0 Å². The van der Waals surface area contributed by atoms with Crippen LogP contribution in [0.15, 0.2) is 23.4 Å². The lowest BCUT2D eigenvalue weighted by molar-refractivity contribution is 0.0848. The van der Waals surface area contributed by atoms with Gasteiger partial charge in [-0.15, -0.1) is 0 Å². The summed E-state index contributed by atoms with van der Waals surface area (Å²) in [4.78, 5) is 16.0. The Morgan fingerprint density at radius 2 is 2.14 bits per heavy atom. The zero-order chi connectivity index (χ0) is 15.9. The van der Waals surface area contributed by atoms with Crippen molar-refractivity contribution in [1.82, 2.24) is 10.3 Å². The van der Waals surface area contributed by atoms with E-state index in [0.29, 0.717) is 19.4 Å². The largest absolute Gasteiger partial charge is 0.396 e. The fraction of sp³-hybridized carbons (Fsp3) is 0.571. The third kappa shape index (κ3) is 4.93. The Morgan fingerprint density at radius 3 is 2.67 bits per heavy atom. The standard InChI is InChI=1S/C14H20F2N2O2S/c1-3-14(4-2,9-19)8-18-11(20)10-6-5-7-17-12(10)21-13(15)16/h5-7,13,19H,3-4,8-9H2,1-2H3,(H,18,20). The summed E-state index contributed by atoms with van der Waals surface area (Å²) in [6.07, 6.45) is 2.80. The minimum atomic E-state index is -2.63. The first-order valence-corrected chi connectivity index (χ1v) is 7.65. The van der Waals surface area contributed by atoms with E-state index in [1.165, 1.54) is 18.3 Å². The Hall–Kier alpha value is -1.21. The second-order valence-corrected chi connectivity index (χ2v) is 5.76. The number of amides is 1. The molecule has 4 nitrogen and oxygen atoms in total. The van der Waals surface area contributed by atoms with Gasteiger partial charge < -0.3 is 10.4 Å². The van der Waals surface area contributed by atoms with E-state index >= 15 is 0 Å². The second-order valence-electron chi connectivity index (χ2n) is 4.78. The number of nitrogens with one attached hydrogen (secondary N) is 1. The number of pyridine rings is 1. The maximum Gasteiger partial charge on any atom is 0.290 e. The first-order valence-electron chi connectivity index (χ1n) is 6.77. The van der Waals surface area contributed by atoms with Crippen LogP contribution >= 0.6 is 11.8 Å². The number of hydrogen-bond acceptors (Lipinski definition) is 4. The van der Waals surface area contributed by atoms with Crippen molar-refractivity contribution in [3.63, 3.8) is 0 Å². The third-order valence-electron chi connectivity index (χ3n) is 3.68. The van der Waals surface area contributed by atoms with Gasteiger partial charge in [-0.3, -0.25) is 4.79 Å². The molecule has 2 N–H and O–H groups in total. The Kier molecular flexibility index (Phi) is 7.04. The Morgan fingerprint density at radius 1 is 1.48 bits per heavy atom. The molecule has 0 aliphatic carbocycles. The van der Waals surface area contributed by atoms with Crippen LogP contribution < -0.4 is 5.32 Å². The number of aliphatic hydroxyl groups excluding tert-OH is 1. The molecule has 1 amide bonds. The maximum absolute atomic E-state index is 12.5. The number of nitrogens with zero attached hydrogens (tertiary/aromatic N) is 1. The zero-order valence-corrected chi connectivity index (χ0v) is 12.9. The van der Waals surface area contributed by atoms with Gasteiger partial charge in [-0.2, -0.15) is 8.78 Å². The number of carbonyl (C=O) groups is 1. The molecule has 0 bridgehead atoms. The first-order chi connectivity index (χ1) is 9.98. The molecule has 0 spiro atoms. The van der Waals surface area contributed by atoms with Gasteiger partial charge in [0.25, 0.3) is 11.7 Å². The van der Waals surface area contributed by atoms with Gasteiger partial charge in [-0.05, 0) is 36.7 Å². The van der Waals surface area contributed by atoms with Crippen LogP contribution in [0.25, 0.3) is 0 Å². The van der Waals surface area contributed by atoms with E-state index in [0.717, 1.165) is 0 Å². The molecule has 0 atom stereocenters. The molecule has 0 saturated heterocycles. The lowest BCUT2D eigenvalue weighted by Gasteiger charge is -2.29. The molecule has 1 aromatic heterocycles. The van der Waals surface area contributed by atoms with Gasteiger partial charge in [0.1, 0.15) is 5.03 Å². The van der Waals surface area contributed by atoms with E-state index in [1.807, 2.05) is 13.8 Å². The molecular formula is C14H20F2N2O2S. The van der Waals surface area contributed by atoms with E-state index in [-0.39, 0.29) is 34.4 Å². The first kappa shape index (κ1) is 17.8. The van der Waals surface area contributed by atoms with Crippen molar-refractivity contribution >= 4 is 17.7 Å². The summed E-state index contributed by atoms with van der Waals surface area (Å²) in [5, 5.41) is 12.2. The molecule has 0 aliphatic rings. The Bertz CT molecular complexity index is 460. The van der Waals surface area contributed by atoms with Gasteiger partial charge in [0.05, 0.1) is 12.2 Å². The van der Waals surface area contributed by atoms with Crippen molar-refractivity contribution < 1.29 is 18.7 Å². The molecule has 1 aromatic rings. The summed E-state index contributed by atoms with van der Waals surface area (Å²) in [7, 11) is 0. The summed E-state index contributed by atoms with van der Waals surface area (Å²) >= 11 is 0.249. The van der Waals surface area contributed by atoms with Crippen molar-refractivity contribution in [2.45, 2.75) is 37.5 Å². The van der Waals surface area contributed by atoms with Crippen LogP contribution in [0.1, 0.15) is 37.0 Å². The summed E-state index contributed by atoms with van der Waals surface area (Å²) in [5.41, 5.74) is -0.254. The van der Waals surface area contributed by atoms with E-state index in [9.17, 15) is 18.7 Å². The van der Waals surface area contributed by atoms with E-state index < -0.39 is 11.7 Å². The number of halogens is 2. The molecule has 0 radical (unpaired) electrons. The van der Waals surface area contributed by atoms with Crippen LogP contribution in [0.3, 0.4) is 0 Å². The molecular weight excluding hydrogens is 298 g/mol. The molecule has 1 rings (SSSR count). The number of rotatable bonds is 8. The highest BCUT2D eigenvalue weighted by Gasteiger charge is 2.26. The average molecular weight is 318 g/mol. The highest BCUT2D eigenvalue weighted by molar-refractivity contribution is 7.99. The predicted molar refractivity (Wildman–Crippen MR) is 78.5 cm³/mol. The summed E-state index contributed by atoms with van der Waals surface area (Å²) in [6.45, 7) is 4.14. The minimum Gasteiger partial charge on any atom is -0.396 e. The van der Waals surface area contributed by atoms with Gasteiger partial charge in [-0.1, -0.05) is 13.8 Å². The molecule has 1 heterocycles. The SMILES string of the molecule is CCC(CC)(CO)CNC(=O)c1cccnc1SC(F)F. The Balaban J connectivity index is 2.80. The smallest absolute Gasteiger partial charge is 0.290 e. The molecule has 0 unspecified atom stereocenters. The minimum absolute atomic E-state index is 0.00703. The van der Waals surface area contributed by atoms with Crippen LogP contribution in [-0.4, -0.2) is 34.9 Å². The number of thioether (sulfide) groups is 1. The lowest BCUT2D eigenvalue weighted by atomic mass is 9.83. The van der Waals surface area contributed by atoms with Crippen LogP contribution in [0.4, 0.5) is 8.78 Å². The van der Waals surface area contributed by atoms with Gasteiger partial charge in [0.2, 0.25) is 0 Å². The molecule has 0 aliphatic heterocycles. The molecule has 118 valence electrons. The summed E-state index contributed by atoms with van der Waals surface area (Å²) in [6, 6.07) is 2.99. The highest BCUT2D eigenvalue weighted by atomic mass is 32.2. The van der Waals surface area contributed by atoms with E-state index in [4.69, 9.17) is 0 Å². The quantitative estimate of drug-likeness (QED) is 0.724. The third-order valence-corrected chi connectivity index (χ3v) is 4.40. The fourth-order valence-corrected chi connectivity index (χ4v) is 2.46. The number of alkyl halides is 2. The number of hydrogen-bond donors (Lipinski definition) is 2. The zero-order valence-electron chi connectivity index (χ0n) is 12.1. The maximum atomic E-state index is 12.5. The van der Waals surface area contributed by atoms with Crippen molar-refractivity contribution in [2.24, 2.45) is 5.41 Å². The molecule has 21 heavy (non-hydrogen) atoms. The number of aliphatic hydroxyl groups is 1. The Labute approximate surface area is 127 Å². The van der Waals surface area contributed by atoms with Crippen molar-refractivity contribution in [3.05, 3.63) is 23.9 Å². The number of aromatic nitrogens is 1. The molecule has 7 heteroatoms. The van der Waals surface area contributed by atoms with Crippen LogP contribution in [0.2, 0.25) is 0 Å². The van der Waals surface area contributed by atoms with Crippen molar-refractivity contribution in [1.29, 1.82) is 0 Å². The predicted octanol–water partition coefficient (Wildman–Crippen LogP) is 2.92. The van der Waals surface area contributed by atoms with Gasteiger partial charge in [-0.25, -0.2) is 4.98 Å². The average Bonchev–Trinajstić information content (AvgIpc) is 2.49. The van der Waals surface area contributed by atoms with Crippen LogP contribution in [0.5, 0.6) is 0 Å². The highest BCUT2D eigenvalue weighted by Crippen LogP contribution is 2.27. The van der Waals surface area contributed by atoms with Gasteiger partial charge in [0, 0.05) is 18.2 Å².